The monoisotopic (exact) mass is 240 g/mol. The van der Waals surface area contributed by atoms with E-state index in [-0.39, 0.29) is 6.10 Å². The van der Waals surface area contributed by atoms with Gasteiger partial charge in [0.15, 0.2) is 0 Å². The molecule has 1 aliphatic carbocycles. The van der Waals surface area contributed by atoms with Crippen LogP contribution in [0.25, 0.3) is 0 Å². The Labute approximate surface area is 106 Å². The number of rotatable bonds is 5. The molecule has 17 heavy (non-hydrogen) atoms. The molecule has 2 fully saturated rings. The lowest BCUT2D eigenvalue weighted by atomic mass is 9.78. The number of hydrogen-bond acceptors (Lipinski definition) is 3. The number of nitrogens with zero attached hydrogens (tertiary/aromatic N) is 1. The SMILES string of the molecule is CC(C)NCC(O)CN1CC2CCCC(C2)C1. The topological polar surface area (TPSA) is 35.5 Å². The minimum atomic E-state index is -0.212. The highest BCUT2D eigenvalue weighted by atomic mass is 16.3. The van der Waals surface area contributed by atoms with E-state index in [1.807, 2.05) is 0 Å². The van der Waals surface area contributed by atoms with Crippen molar-refractivity contribution < 1.29 is 5.11 Å². The van der Waals surface area contributed by atoms with Crippen molar-refractivity contribution in [1.82, 2.24) is 10.2 Å². The van der Waals surface area contributed by atoms with Gasteiger partial charge in [0.2, 0.25) is 0 Å². The highest BCUT2D eigenvalue weighted by molar-refractivity contribution is 4.84. The number of aliphatic hydroxyl groups excluding tert-OH is 1. The van der Waals surface area contributed by atoms with E-state index < -0.39 is 0 Å². The zero-order valence-electron chi connectivity index (χ0n) is 11.4. The normalized spacial score (nSPS) is 31.8. The summed E-state index contributed by atoms with van der Waals surface area (Å²) in [4.78, 5) is 2.49. The second-order valence-electron chi connectivity index (χ2n) is 6.33. The Morgan fingerprint density at radius 3 is 2.47 bits per heavy atom. The van der Waals surface area contributed by atoms with E-state index >= 15 is 0 Å². The van der Waals surface area contributed by atoms with E-state index in [0.29, 0.717) is 6.04 Å². The third-order valence-electron chi connectivity index (χ3n) is 4.15. The number of likely N-dealkylation sites (tertiary alicyclic amines) is 1. The fourth-order valence-electron chi connectivity index (χ4n) is 3.42. The first-order valence-corrected chi connectivity index (χ1v) is 7.27. The van der Waals surface area contributed by atoms with Crippen LogP contribution in [-0.2, 0) is 0 Å². The zero-order chi connectivity index (χ0) is 12.3. The molecule has 0 aromatic rings. The van der Waals surface area contributed by atoms with Crippen LogP contribution in [0.4, 0.5) is 0 Å². The average Bonchev–Trinajstić information content (AvgIpc) is 2.26. The fraction of sp³-hybridized carbons (Fsp3) is 1.00. The van der Waals surface area contributed by atoms with Gasteiger partial charge in [0, 0.05) is 32.2 Å². The predicted octanol–water partition coefficient (Wildman–Crippen LogP) is 1.47. The molecule has 1 saturated carbocycles. The lowest BCUT2D eigenvalue weighted by molar-refractivity contribution is 0.0426. The Hall–Kier alpha value is -0.120. The van der Waals surface area contributed by atoms with Gasteiger partial charge in [0.25, 0.3) is 0 Å². The van der Waals surface area contributed by atoms with Gasteiger partial charge in [-0.3, -0.25) is 0 Å². The summed E-state index contributed by atoms with van der Waals surface area (Å²) < 4.78 is 0. The van der Waals surface area contributed by atoms with E-state index in [0.717, 1.165) is 24.9 Å². The molecule has 2 N–H and O–H groups in total. The second kappa shape index (κ2) is 6.17. The number of nitrogens with one attached hydrogen (secondary N) is 1. The fourth-order valence-corrected chi connectivity index (χ4v) is 3.42. The molecule has 1 saturated heterocycles. The number of piperidine rings is 1. The molecule has 3 atom stereocenters. The molecule has 0 spiro atoms. The second-order valence-corrected chi connectivity index (χ2v) is 6.33. The van der Waals surface area contributed by atoms with Crippen LogP contribution in [0.5, 0.6) is 0 Å². The van der Waals surface area contributed by atoms with Crippen LogP contribution in [0.3, 0.4) is 0 Å². The summed E-state index contributed by atoms with van der Waals surface area (Å²) >= 11 is 0. The molecule has 2 bridgehead atoms. The van der Waals surface area contributed by atoms with Crippen molar-refractivity contribution in [3.63, 3.8) is 0 Å². The van der Waals surface area contributed by atoms with E-state index in [1.54, 1.807) is 0 Å². The van der Waals surface area contributed by atoms with Crippen LogP contribution in [0, 0.1) is 11.8 Å². The molecule has 3 heteroatoms. The molecular weight excluding hydrogens is 212 g/mol. The number of hydrogen-bond donors (Lipinski definition) is 2. The van der Waals surface area contributed by atoms with Gasteiger partial charge in [0.05, 0.1) is 6.10 Å². The summed E-state index contributed by atoms with van der Waals surface area (Å²) in [5.41, 5.74) is 0. The van der Waals surface area contributed by atoms with Crippen LogP contribution in [0.2, 0.25) is 0 Å². The van der Waals surface area contributed by atoms with Crippen molar-refractivity contribution in [2.24, 2.45) is 11.8 Å². The molecule has 100 valence electrons. The van der Waals surface area contributed by atoms with Gasteiger partial charge in [-0.1, -0.05) is 20.3 Å². The average molecular weight is 240 g/mol. The Morgan fingerprint density at radius 2 is 1.88 bits per heavy atom. The number of fused-ring (bicyclic) bond motifs is 2. The molecule has 3 unspecified atom stereocenters. The van der Waals surface area contributed by atoms with Crippen LogP contribution in [0.15, 0.2) is 0 Å². The Kier molecular flexibility index (Phi) is 4.83. The lowest BCUT2D eigenvalue weighted by Gasteiger charge is -2.42. The van der Waals surface area contributed by atoms with Gasteiger partial charge >= 0.3 is 0 Å². The van der Waals surface area contributed by atoms with Gasteiger partial charge in [-0.05, 0) is 31.1 Å². The van der Waals surface area contributed by atoms with E-state index in [1.165, 1.54) is 38.8 Å². The maximum atomic E-state index is 10.0. The quantitative estimate of drug-likeness (QED) is 0.764. The van der Waals surface area contributed by atoms with Gasteiger partial charge in [-0.2, -0.15) is 0 Å². The molecule has 0 aromatic heterocycles. The van der Waals surface area contributed by atoms with E-state index in [4.69, 9.17) is 0 Å². The first-order valence-electron chi connectivity index (χ1n) is 7.27. The molecule has 0 aromatic carbocycles. The third kappa shape index (κ3) is 4.23. The molecule has 0 amide bonds. The Morgan fingerprint density at radius 1 is 1.24 bits per heavy atom. The van der Waals surface area contributed by atoms with Crippen molar-refractivity contribution in [2.75, 3.05) is 26.2 Å². The summed E-state index contributed by atoms with van der Waals surface area (Å²) in [5, 5.41) is 13.3. The minimum Gasteiger partial charge on any atom is -0.390 e. The zero-order valence-corrected chi connectivity index (χ0v) is 11.4. The van der Waals surface area contributed by atoms with Crippen molar-refractivity contribution in [1.29, 1.82) is 0 Å². The first kappa shape index (κ1) is 13.3. The van der Waals surface area contributed by atoms with E-state index in [9.17, 15) is 5.11 Å². The number of β-amino-alcohol motifs (C(OH)–C–C–N with tert-alkyl or cyclic N) is 1. The first-order chi connectivity index (χ1) is 8.13. The van der Waals surface area contributed by atoms with Crippen molar-refractivity contribution in [3.05, 3.63) is 0 Å². The van der Waals surface area contributed by atoms with Crippen molar-refractivity contribution in [3.8, 4) is 0 Å². The molecule has 2 rings (SSSR count). The standard InChI is InChI=1S/C14H28N2O/c1-11(2)15-7-14(17)10-16-8-12-4-3-5-13(6-12)9-16/h11-15,17H,3-10H2,1-2H3. The predicted molar refractivity (Wildman–Crippen MR) is 71.0 cm³/mol. The van der Waals surface area contributed by atoms with Crippen LogP contribution >= 0.6 is 0 Å². The van der Waals surface area contributed by atoms with Crippen molar-refractivity contribution >= 4 is 0 Å². The smallest absolute Gasteiger partial charge is 0.0791 e. The van der Waals surface area contributed by atoms with Crippen LogP contribution in [-0.4, -0.2) is 48.3 Å². The van der Waals surface area contributed by atoms with Gasteiger partial charge in [-0.25, -0.2) is 0 Å². The summed E-state index contributed by atoms with van der Waals surface area (Å²) in [6.45, 7) is 8.26. The largest absolute Gasteiger partial charge is 0.390 e. The minimum absolute atomic E-state index is 0.212. The summed E-state index contributed by atoms with van der Waals surface area (Å²) in [6, 6.07) is 0.463. The van der Waals surface area contributed by atoms with Crippen LogP contribution in [0.1, 0.15) is 39.5 Å². The maximum Gasteiger partial charge on any atom is 0.0791 e. The summed E-state index contributed by atoms with van der Waals surface area (Å²) in [7, 11) is 0. The lowest BCUT2D eigenvalue weighted by Crippen LogP contribution is -2.47. The molecular formula is C14H28N2O. The summed E-state index contributed by atoms with van der Waals surface area (Å²) in [6.07, 6.45) is 5.48. The maximum absolute atomic E-state index is 10.0. The Balaban J connectivity index is 1.71. The highest BCUT2D eigenvalue weighted by Gasteiger charge is 2.30. The van der Waals surface area contributed by atoms with Crippen LogP contribution < -0.4 is 5.32 Å². The third-order valence-corrected chi connectivity index (χ3v) is 4.15. The van der Waals surface area contributed by atoms with E-state index in [2.05, 4.69) is 24.1 Å². The van der Waals surface area contributed by atoms with Gasteiger partial charge < -0.3 is 15.3 Å². The molecule has 0 radical (unpaired) electrons. The summed E-state index contributed by atoms with van der Waals surface area (Å²) in [5.74, 6) is 1.82. The highest BCUT2D eigenvalue weighted by Crippen LogP contribution is 2.34. The Bertz CT molecular complexity index is 220. The molecule has 1 aliphatic heterocycles. The molecule has 1 heterocycles. The molecule has 3 nitrogen and oxygen atoms in total. The van der Waals surface area contributed by atoms with Gasteiger partial charge in [-0.15, -0.1) is 0 Å². The van der Waals surface area contributed by atoms with Gasteiger partial charge in [0.1, 0.15) is 0 Å². The number of aliphatic hydroxyl groups is 1. The molecule has 2 aliphatic rings. The van der Waals surface area contributed by atoms with Crippen molar-refractivity contribution in [2.45, 2.75) is 51.7 Å².